The Labute approximate surface area is 184 Å². The van der Waals surface area contributed by atoms with E-state index in [9.17, 15) is 23.6 Å². The summed E-state index contributed by atoms with van der Waals surface area (Å²) in [5.74, 6) is -4.46. The fourth-order valence-electron chi connectivity index (χ4n) is 2.46. The minimum atomic E-state index is -2.01. The second kappa shape index (κ2) is 11.1. The van der Waals surface area contributed by atoms with Gasteiger partial charge in [0.05, 0.1) is 5.88 Å². The predicted molar refractivity (Wildman–Crippen MR) is 113 cm³/mol. The number of Topliss-reactive ketones (excluding diaryl/α,β-unsaturated/α-hetero) is 1. The van der Waals surface area contributed by atoms with Crippen LogP contribution in [0.3, 0.4) is 0 Å². The summed E-state index contributed by atoms with van der Waals surface area (Å²) in [6.07, 6.45) is 2.50. The molecule has 0 aliphatic heterocycles. The number of hydrogen-bond acceptors (Lipinski definition) is 4. The largest absolute Gasteiger partial charge is 0.367 e. The van der Waals surface area contributed by atoms with E-state index in [-0.39, 0.29) is 22.9 Å². The molecule has 30 heavy (non-hydrogen) atoms. The molecule has 1 unspecified atom stereocenters. The highest BCUT2D eigenvalue weighted by molar-refractivity contribution is 6.32. The van der Waals surface area contributed by atoms with Crippen LogP contribution in [0.15, 0.2) is 24.3 Å². The van der Waals surface area contributed by atoms with Gasteiger partial charge in [-0.3, -0.25) is 19.2 Å². The minimum Gasteiger partial charge on any atom is -0.367 e. The van der Waals surface area contributed by atoms with Crippen LogP contribution in [0.1, 0.15) is 32.8 Å². The number of hydrogen-bond donors (Lipinski definition) is 3. The number of rotatable bonds is 10. The Hall–Kier alpha value is -2.45. The first kappa shape index (κ1) is 25.6. The van der Waals surface area contributed by atoms with Crippen LogP contribution >= 0.6 is 23.2 Å². The van der Waals surface area contributed by atoms with Crippen molar-refractivity contribution >= 4 is 52.8 Å². The van der Waals surface area contributed by atoms with E-state index in [1.165, 1.54) is 18.2 Å². The first-order chi connectivity index (χ1) is 13.9. The van der Waals surface area contributed by atoms with Crippen molar-refractivity contribution in [2.24, 2.45) is 11.7 Å². The maximum absolute atomic E-state index is 13.8. The number of nitrogens with two attached hydrogens (primary N) is 1. The summed E-state index contributed by atoms with van der Waals surface area (Å²) in [6, 6.07) is 2.90. The zero-order valence-electron chi connectivity index (χ0n) is 16.8. The Balaban J connectivity index is 2.98. The molecule has 0 aromatic heterocycles. The van der Waals surface area contributed by atoms with Crippen molar-refractivity contribution in [3.05, 3.63) is 40.7 Å². The third kappa shape index (κ3) is 7.11. The van der Waals surface area contributed by atoms with Gasteiger partial charge in [-0.05, 0) is 37.5 Å². The second-order valence-electron chi connectivity index (χ2n) is 7.23. The average Bonchev–Trinajstić information content (AvgIpc) is 2.65. The standard InChI is InChI=1S/C20H24Cl2FN3O4/c1-11(2)8-15(18(29)26-20(3,19(24)30)16(27)10-21)25-17(28)7-5-12-4-6-13(22)9-14(12)23/h4-7,9,11,15H,8,10H2,1-3H3,(H2,24,30)(H,25,28)(H,26,29)/b7-5+/t15-,20?/m1/s1. The molecule has 0 saturated carbocycles. The van der Waals surface area contributed by atoms with Gasteiger partial charge in [0, 0.05) is 16.7 Å². The van der Waals surface area contributed by atoms with Gasteiger partial charge in [-0.15, -0.1) is 11.6 Å². The van der Waals surface area contributed by atoms with Gasteiger partial charge >= 0.3 is 0 Å². The van der Waals surface area contributed by atoms with Crippen LogP contribution in [0.4, 0.5) is 4.39 Å². The van der Waals surface area contributed by atoms with Crippen LogP contribution in [0.2, 0.25) is 5.02 Å². The zero-order chi connectivity index (χ0) is 23.1. The SMILES string of the molecule is CC(C)C[C@@H](NC(=O)/C=C/c1ccc(Cl)cc1F)C(=O)NC(C)(C(N)=O)C(=O)CCl. The van der Waals surface area contributed by atoms with Gasteiger partial charge in [0.25, 0.3) is 5.91 Å². The summed E-state index contributed by atoms with van der Waals surface area (Å²) < 4.78 is 13.8. The minimum absolute atomic E-state index is 0.0118. The number of halogens is 3. The van der Waals surface area contributed by atoms with E-state index >= 15 is 0 Å². The molecule has 4 N–H and O–H groups in total. The quantitative estimate of drug-likeness (QED) is 0.282. The predicted octanol–water partition coefficient (Wildman–Crippen LogP) is 2.19. The van der Waals surface area contributed by atoms with E-state index in [0.29, 0.717) is 0 Å². The molecule has 0 spiro atoms. The number of primary amides is 1. The van der Waals surface area contributed by atoms with Crippen molar-refractivity contribution in [3.63, 3.8) is 0 Å². The lowest BCUT2D eigenvalue weighted by Crippen LogP contribution is -2.64. The first-order valence-corrected chi connectivity index (χ1v) is 9.96. The monoisotopic (exact) mass is 459 g/mol. The van der Waals surface area contributed by atoms with Crippen LogP contribution in [-0.4, -0.2) is 41.0 Å². The topological polar surface area (TPSA) is 118 Å². The smallest absolute Gasteiger partial charge is 0.250 e. The Bertz CT molecular complexity index is 860. The third-order valence-electron chi connectivity index (χ3n) is 4.26. The summed E-state index contributed by atoms with van der Waals surface area (Å²) in [5, 5.41) is 4.98. The van der Waals surface area contributed by atoms with Crippen LogP contribution in [0, 0.1) is 11.7 Å². The summed E-state index contributed by atoms with van der Waals surface area (Å²) >= 11 is 11.2. The lowest BCUT2D eigenvalue weighted by molar-refractivity contribution is -0.139. The fraction of sp³-hybridized carbons (Fsp3) is 0.400. The van der Waals surface area contributed by atoms with Crippen molar-refractivity contribution in [3.8, 4) is 0 Å². The molecule has 0 radical (unpaired) electrons. The van der Waals surface area contributed by atoms with E-state index in [1.54, 1.807) is 0 Å². The van der Waals surface area contributed by atoms with Gasteiger partial charge in [0.15, 0.2) is 11.3 Å². The molecule has 0 saturated heterocycles. The van der Waals surface area contributed by atoms with Crippen LogP contribution < -0.4 is 16.4 Å². The van der Waals surface area contributed by atoms with E-state index in [0.717, 1.165) is 19.1 Å². The molecule has 0 fully saturated rings. The van der Waals surface area contributed by atoms with Crippen LogP contribution in [-0.2, 0) is 19.2 Å². The van der Waals surface area contributed by atoms with E-state index in [2.05, 4.69) is 10.6 Å². The maximum atomic E-state index is 13.8. The van der Waals surface area contributed by atoms with E-state index in [1.807, 2.05) is 13.8 Å². The highest BCUT2D eigenvalue weighted by Crippen LogP contribution is 2.16. The third-order valence-corrected chi connectivity index (χ3v) is 4.74. The molecule has 0 aliphatic carbocycles. The highest BCUT2D eigenvalue weighted by atomic mass is 35.5. The Morgan fingerprint density at radius 1 is 1.27 bits per heavy atom. The Morgan fingerprint density at radius 3 is 2.40 bits per heavy atom. The molecular weight excluding hydrogens is 436 g/mol. The maximum Gasteiger partial charge on any atom is 0.250 e. The van der Waals surface area contributed by atoms with Crippen molar-refractivity contribution in [1.82, 2.24) is 10.6 Å². The lowest BCUT2D eigenvalue weighted by Gasteiger charge is -2.28. The number of benzene rings is 1. The molecule has 3 amide bonds. The summed E-state index contributed by atoms with van der Waals surface area (Å²) in [5.41, 5.74) is 3.38. The van der Waals surface area contributed by atoms with Crippen LogP contribution in [0.5, 0.6) is 0 Å². The highest BCUT2D eigenvalue weighted by Gasteiger charge is 2.41. The van der Waals surface area contributed by atoms with Crippen molar-refractivity contribution in [2.75, 3.05) is 5.88 Å². The summed E-state index contributed by atoms with van der Waals surface area (Å²) in [6.45, 7) is 4.79. The van der Waals surface area contributed by atoms with Gasteiger partial charge in [0.2, 0.25) is 11.8 Å². The molecule has 164 valence electrons. The Kier molecular flexibility index (Phi) is 9.45. The van der Waals surface area contributed by atoms with Crippen molar-refractivity contribution in [2.45, 2.75) is 38.8 Å². The molecule has 10 heteroatoms. The van der Waals surface area contributed by atoms with Gasteiger partial charge < -0.3 is 16.4 Å². The molecule has 1 aromatic rings. The van der Waals surface area contributed by atoms with Crippen LogP contribution in [0.25, 0.3) is 6.08 Å². The number of ketones is 1. The molecular formula is C20H24Cl2FN3O4. The molecule has 0 aliphatic rings. The fourth-order valence-corrected chi connectivity index (χ4v) is 2.89. The molecule has 0 bridgehead atoms. The van der Waals surface area contributed by atoms with E-state index < -0.39 is 46.8 Å². The molecule has 1 rings (SSSR count). The first-order valence-electron chi connectivity index (χ1n) is 9.05. The average molecular weight is 460 g/mol. The van der Waals surface area contributed by atoms with Gasteiger partial charge in [-0.2, -0.15) is 0 Å². The Morgan fingerprint density at radius 2 is 1.90 bits per heavy atom. The number of alkyl halides is 1. The number of carbonyl (C=O) groups excluding carboxylic acids is 4. The summed E-state index contributed by atoms with van der Waals surface area (Å²) in [4.78, 5) is 48.7. The van der Waals surface area contributed by atoms with Crippen molar-refractivity contribution < 1.29 is 23.6 Å². The summed E-state index contributed by atoms with van der Waals surface area (Å²) in [7, 11) is 0. The normalized spacial score (nSPS) is 14.2. The van der Waals surface area contributed by atoms with Gasteiger partial charge in [0.1, 0.15) is 11.9 Å². The molecule has 2 atom stereocenters. The van der Waals surface area contributed by atoms with Crippen molar-refractivity contribution in [1.29, 1.82) is 0 Å². The van der Waals surface area contributed by atoms with Gasteiger partial charge in [-0.1, -0.05) is 31.5 Å². The molecule has 1 aromatic carbocycles. The van der Waals surface area contributed by atoms with E-state index in [4.69, 9.17) is 28.9 Å². The second-order valence-corrected chi connectivity index (χ2v) is 7.93. The molecule has 0 heterocycles. The lowest BCUT2D eigenvalue weighted by atomic mass is 9.94. The number of carbonyl (C=O) groups is 4. The molecule has 7 nitrogen and oxygen atoms in total. The zero-order valence-corrected chi connectivity index (χ0v) is 18.3. The number of nitrogens with one attached hydrogen (secondary N) is 2. The number of amides is 3. The van der Waals surface area contributed by atoms with Gasteiger partial charge in [-0.25, -0.2) is 4.39 Å².